The van der Waals surface area contributed by atoms with Gasteiger partial charge in [0.25, 0.3) is 0 Å². The molecule has 1 fully saturated rings. The first-order chi connectivity index (χ1) is 15.7. The molecule has 1 N–H and O–H groups in total. The average Bonchev–Trinajstić information content (AvgIpc) is 3.04. The van der Waals surface area contributed by atoms with Gasteiger partial charge in [0.05, 0.1) is 0 Å². The lowest BCUT2D eigenvalue weighted by Crippen LogP contribution is -2.34. The fourth-order valence-corrected chi connectivity index (χ4v) is 5.07. The summed E-state index contributed by atoms with van der Waals surface area (Å²) in [5.41, 5.74) is 8.48. The van der Waals surface area contributed by atoms with E-state index in [-0.39, 0.29) is 5.92 Å². The minimum Gasteiger partial charge on any atom is -0.508 e. The SMILES string of the molecule is O=CC1CCN(c2ccc(C3=C(c4cccnc4)CCCc4cc(O)ccc43)cc2)CC1. The molecule has 4 nitrogen and oxygen atoms in total. The molecule has 1 aliphatic heterocycles. The van der Waals surface area contributed by atoms with E-state index >= 15 is 0 Å². The third-order valence-electron chi connectivity index (χ3n) is 6.80. The number of hydrogen-bond donors (Lipinski definition) is 1. The third-order valence-corrected chi connectivity index (χ3v) is 6.80. The van der Waals surface area contributed by atoms with Crippen molar-refractivity contribution in [2.45, 2.75) is 32.1 Å². The van der Waals surface area contributed by atoms with Crippen molar-refractivity contribution < 1.29 is 9.90 Å². The van der Waals surface area contributed by atoms with Crippen LogP contribution in [0.25, 0.3) is 11.1 Å². The molecule has 0 radical (unpaired) electrons. The molecule has 2 heterocycles. The smallest absolute Gasteiger partial charge is 0.123 e. The number of benzene rings is 2. The van der Waals surface area contributed by atoms with Crippen molar-refractivity contribution in [2.75, 3.05) is 18.0 Å². The van der Waals surface area contributed by atoms with Crippen LogP contribution < -0.4 is 4.90 Å². The van der Waals surface area contributed by atoms with Crippen molar-refractivity contribution in [1.82, 2.24) is 4.98 Å². The molecule has 0 atom stereocenters. The van der Waals surface area contributed by atoms with Crippen LogP contribution in [-0.2, 0) is 11.2 Å². The van der Waals surface area contributed by atoms with Gasteiger partial charge in [-0.05, 0) is 95.8 Å². The lowest BCUT2D eigenvalue weighted by atomic mass is 9.88. The highest BCUT2D eigenvalue weighted by Gasteiger charge is 2.22. The Bertz CT molecular complexity index is 1130. The molecule has 4 heteroatoms. The maximum absolute atomic E-state index is 11.1. The fraction of sp³-hybridized carbons (Fsp3) is 0.286. The first-order valence-corrected chi connectivity index (χ1v) is 11.5. The van der Waals surface area contributed by atoms with E-state index in [1.807, 2.05) is 24.5 Å². The van der Waals surface area contributed by atoms with E-state index in [2.05, 4.69) is 46.3 Å². The second-order valence-corrected chi connectivity index (χ2v) is 8.80. The Balaban J connectivity index is 1.57. The highest BCUT2D eigenvalue weighted by molar-refractivity contribution is 6.00. The molecule has 5 rings (SSSR count). The number of allylic oxidation sites excluding steroid dienone is 1. The predicted molar refractivity (Wildman–Crippen MR) is 129 cm³/mol. The summed E-state index contributed by atoms with van der Waals surface area (Å²) in [7, 11) is 0. The summed E-state index contributed by atoms with van der Waals surface area (Å²) in [5, 5.41) is 10.1. The number of piperidine rings is 1. The number of nitrogens with zero attached hydrogens (tertiary/aromatic N) is 2. The Morgan fingerprint density at radius 2 is 1.78 bits per heavy atom. The molecule has 3 aromatic rings. The summed E-state index contributed by atoms with van der Waals surface area (Å²) in [6, 6.07) is 18.7. The summed E-state index contributed by atoms with van der Waals surface area (Å²) < 4.78 is 0. The van der Waals surface area contributed by atoms with Crippen LogP contribution >= 0.6 is 0 Å². The first kappa shape index (κ1) is 20.5. The first-order valence-electron chi connectivity index (χ1n) is 11.5. The van der Waals surface area contributed by atoms with Crippen LogP contribution in [0.5, 0.6) is 5.75 Å². The van der Waals surface area contributed by atoms with E-state index in [0.717, 1.165) is 57.0 Å². The largest absolute Gasteiger partial charge is 0.508 e. The molecule has 0 spiro atoms. The number of hydrogen-bond acceptors (Lipinski definition) is 4. The maximum atomic E-state index is 11.1. The van der Waals surface area contributed by atoms with Crippen LogP contribution in [0.2, 0.25) is 0 Å². The Kier molecular flexibility index (Phi) is 5.76. The van der Waals surface area contributed by atoms with Crippen molar-refractivity contribution >= 4 is 23.1 Å². The molecule has 32 heavy (non-hydrogen) atoms. The summed E-state index contributed by atoms with van der Waals surface area (Å²) in [5.74, 6) is 0.527. The number of aldehydes is 1. The minimum absolute atomic E-state index is 0.205. The van der Waals surface area contributed by atoms with Crippen molar-refractivity contribution in [2.24, 2.45) is 5.92 Å². The molecule has 162 valence electrons. The number of aromatic hydroxyl groups is 1. The van der Waals surface area contributed by atoms with Crippen LogP contribution in [0, 0.1) is 5.92 Å². The number of fused-ring (bicyclic) bond motifs is 1. The van der Waals surface area contributed by atoms with Gasteiger partial charge in [-0.2, -0.15) is 0 Å². The quantitative estimate of drug-likeness (QED) is 0.562. The van der Waals surface area contributed by atoms with E-state index in [9.17, 15) is 9.90 Å². The summed E-state index contributed by atoms with van der Waals surface area (Å²) in [4.78, 5) is 17.8. The lowest BCUT2D eigenvalue weighted by Gasteiger charge is -2.31. The van der Waals surface area contributed by atoms with Gasteiger partial charge in [-0.15, -0.1) is 0 Å². The number of pyridine rings is 1. The number of anilines is 1. The van der Waals surface area contributed by atoms with Gasteiger partial charge < -0.3 is 14.8 Å². The van der Waals surface area contributed by atoms with Gasteiger partial charge in [0, 0.05) is 37.1 Å². The van der Waals surface area contributed by atoms with Crippen molar-refractivity contribution in [3.63, 3.8) is 0 Å². The van der Waals surface area contributed by atoms with Crippen molar-refractivity contribution in [3.8, 4) is 5.75 Å². The van der Waals surface area contributed by atoms with E-state index < -0.39 is 0 Å². The van der Waals surface area contributed by atoms with Crippen LogP contribution in [0.15, 0.2) is 67.0 Å². The molecule has 1 aromatic heterocycles. The normalized spacial score (nSPS) is 17.1. The number of carbonyl (C=O) groups is 1. The zero-order chi connectivity index (χ0) is 21.9. The van der Waals surface area contributed by atoms with Crippen LogP contribution in [-0.4, -0.2) is 29.5 Å². The number of phenolic OH excluding ortho intramolecular Hbond substituents is 1. The summed E-state index contributed by atoms with van der Waals surface area (Å²) in [6.45, 7) is 1.85. The van der Waals surface area contributed by atoms with Gasteiger partial charge in [-0.1, -0.05) is 24.3 Å². The van der Waals surface area contributed by atoms with Crippen molar-refractivity contribution in [1.29, 1.82) is 0 Å². The van der Waals surface area contributed by atoms with Crippen LogP contribution in [0.4, 0.5) is 5.69 Å². The number of rotatable bonds is 4. The zero-order valence-corrected chi connectivity index (χ0v) is 18.2. The molecular formula is C28H28N2O2. The molecule has 2 aliphatic rings. The van der Waals surface area contributed by atoms with E-state index in [4.69, 9.17) is 0 Å². The number of aryl methyl sites for hydroxylation is 1. The standard InChI is InChI=1S/C28H28N2O2/c31-19-20-12-15-30(16-13-20)24-8-6-21(7-9-24)28-26(23-4-2-14-29-18-23)5-1-3-22-17-25(32)10-11-27(22)28/h2,4,6-11,14,17-20,32H,1,3,5,12-13,15-16H2. The van der Waals surface area contributed by atoms with E-state index in [0.29, 0.717) is 5.75 Å². The van der Waals surface area contributed by atoms with Gasteiger partial charge in [0.1, 0.15) is 12.0 Å². The molecule has 1 saturated heterocycles. The predicted octanol–water partition coefficient (Wildman–Crippen LogP) is 5.50. The van der Waals surface area contributed by atoms with Crippen LogP contribution in [0.3, 0.4) is 0 Å². The Labute approximate surface area is 189 Å². The number of phenols is 1. The summed E-state index contributed by atoms with van der Waals surface area (Å²) in [6.07, 6.45) is 9.68. The van der Waals surface area contributed by atoms with Gasteiger partial charge in [0.2, 0.25) is 0 Å². The summed E-state index contributed by atoms with van der Waals surface area (Å²) >= 11 is 0. The highest BCUT2D eigenvalue weighted by Crippen LogP contribution is 2.41. The van der Waals surface area contributed by atoms with Gasteiger partial charge in [0.15, 0.2) is 0 Å². The van der Waals surface area contributed by atoms with Crippen LogP contribution in [0.1, 0.15) is 47.9 Å². The second kappa shape index (κ2) is 8.99. The average molecular weight is 425 g/mol. The Morgan fingerprint density at radius 1 is 0.969 bits per heavy atom. The highest BCUT2D eigenvalue weighted by atomic mass is 16.3. The molecule has 0 bridgehead atoms. The maximum Gasteiger partial charge on any atom is 0.123 e. The second-order valence-electron chi connectivity index (χ2n) is 8.80. The Morgan fingerprint density at radius 3 is 2.50 bits per heavy atom. The number of aromatic nitrogens is 1. The lowest BCUT2D eigenvalue weighted by molar-refractivity contribution is -0.111. The molecule has 1 aliphatic carbocycles. The molecular weight excluding hydrogens is 396 g/mol. The fourth-order valence-electron chi connectivity index (χ4n) is 5.07. The molecule has 0 unspecified atom stereocenters. The van der Waals surface area contributed by atoms with Gasteiger partial charge >= 0.3 is 0 Å². The molecule has 0 amide bonds. The number of carbonyl (C=O) groups excluding carboxylic acids is 1. The van der Waals surface area contributed by atoms with Crippen molar-refractivity contribution in [3.05, 3.63) is 89.2 Å². The third kappa shape index (κ3) is 4.05. The Hall–Kier alpha value is -3.40. The van der Waals surface area contributed by atoms with Gasteiger partial charge in [-0.3, -0.25) is 4.98 Å². The van der Waals surface area contributed by atoms with E-state index in [1.54, 1.807) is 6.07 Å². The monoisotopic (exact) mass is 424 g/mol. The molecule has 2 aromatic carbocycles. The minimum atomic E-state index is 0.205. The molecule has 0 saturated carbocycles. The van der Waals surface area contributed by atoms with Gasteiger partial charge in [-0.25, -0.2) is 0 Å². The zero-order valence-electron chi connectivity index (χ0n) is 18.2. The van der Waals surface area contributed by atoms with E-state index in [1.165, 1.54) is 33.5 Å². The topological polar surface area (TPSA) is 53.4 Å².